The lowest BCUT2D eigenvalue weighted by Crippen LogP contribution is -2.21. The molecule has 0 aromatic heterocycles. The highest BCUT2D eigenvalue weighted by Crippen LogP contribution is 2.25. The van der Waals surface area contributed by atoms with Crippen LogP contribution in [0.5, 0.6) is 5.75 Å². The molecule has 2 atom stereocenters. The van der Waals surface area contributed by atoms with Gasteiger partial charge in [-0.1, -0.05) is 40.1 Å². The molecule has 0 spiro atoms. The smallest absolute Gasteiger partial charge is 0.345 e. The number of nitrogens with one attached hydrogen (secondary N) is 2. The van der Waals surface area contributed by atoms with Gasteiger partial charge in [0.25, 0.3) is 5.60 Å². The van der Waals surface area contributed by atoms with Crippen LogP contribution >= 0.6 is 20.8 Å². The molecule has 0 saturated carbocycles. The summed E-state index contributed by atoms with van der Waals surface area (Å²) in [5, 5.41) is 5.65. The number of rotatable bonds is 9. The van der Waals surface area contributed by atoms with Crippen LogP contribution in [0.25, 0.3) is 0 Å². The molecule has 1 rings (SSSR count). The number of urea groups is 1. The summed E-state index contributed by atoms with van der Waals surface area (Å²) in [5.74, 6) is 0.518. The lowest BCUT2D eigenvalue weighted by Gasteiger charge is -2.16. The summed E-state index contributed by atoms with van der Waals surface area (Å²) in [4.78, 5) is 15.9. The predicted molar refractivity (Wildman–Crippen MR) is 118 cm³/mol. The van der Waals surface area contributed by atoms with Crippen LogP contribution in [0.1, 0.15) is 19.4 Å². The maximum atomic E-state index is 13.5. The van der Waals surface area contributed by atoms with E-state index >= 15 is 0 Å². The Morgan fingerprint density at radius 2 is 2.21 bits per heavy atom. The summed E-state index contributed by atoms with van der Waals surface area (Å²) >= 11 is 5.98. The Balaban J connectivity index is 2.79. The van der Waals surface area contributed by atoms with Crippen molar-refractivity contribution in [2.45, 2.75) is 19.4 Å². The maximum Gasteiger partial charge on any atom is 0.345 e. The number of alkyl halides is 2. The van der Waals surface area contributed by atoms with Gasteiger partial charge in [0.15, 0.2) is 0 Å². The Kier molecular flexibility index (Phi) is 10.1. The zero-order valence-electron chi connectivity index (χ0n) is 16.3. The Morgan fingerprint density at radius 1 is 1.50 bits per heavy atom. The van der Waals surface area contributed by atoms with Crippen LogP contribution in [-0.4, -0.2) is 37.3 Å². The largest absolute Gasteiger partial charge is 0.455 e. The molecule has 0 bridgehead atoms. The summed E-state index contributed by atoms with van der Waals surface area (Å²) in [6, 6.07) is 6.00. The average molecular weight is 426 g/mol. The van der Waals surface area contributed by atoms with Crippen molar-refractivity contribution in [3.05, 3.63) is 65.4 Å². The number of nitrogens with zero attached hydrogens (tertiary/aromatic N) is 1. The quantitative estimate of drug-likeness (QED) is 0.264. The van der Waals surface area contributed by atoms with Crippen molar-refractivity contribution in [1.29, 1.82) is 0 Å². The molecular weight excluding hydrogens is 400 g/mol. The van der Waals surface area contributed by atoms with E-state index in [2.05, 4.69) is 22.2 Å². The highest BCUT2D eigenvalue weighted by atomic mass is 35.5. The van der Waals surface area contributed by atoms with Crippen LogP contribution in [0.3, 0.4) is 0 Å². The number of amides is 2. The lowest BCUT2D eigenvalue weighted by molar-refractivity contribution is 0.0473. The zero-order chi connectivity index (χ0) is 21.2. The number of halogens is 2. The molecule has 8 heteroatoms. The molecular formula is C20H26ClFN3O2P. The van der Waals surface area contributed by atoms with Crippen molar-refractivity contribution in [2.24, 2.45) is 4.99 Å². The van der Waals surface area contributed by atoms with E-state index in [1.807, 2.05) is 35.4 Å². The predicted octanol–water partition coefficient (Wildman–Crippen LogP) is 4.56. The van der Waals surface area contributed by atoms with Crippen molar-refractivity contribution in [3.8, 4) is 5.75 Å². The second-order valence-corrected chi connectivity index (χ2v) is 7.32. The molecule has 0 saturated heterocycles. The van der Waals surface area contributed by atoms with Crippen molar-refractivity contribution < 1.29 is 13.9 Å². The standard InChI is InChI=1S/C20H26ClFN3O2P/c1-5-15(12-23-4)9-17(11-21)14(2)25-19(26)24-13-16-7-6-8-18(10-16)27-20(3,22)28/h5-10,13,23H,2,11-12,28H2,1,3-4H3,(H,25,26)/b15-5+,17-9+,24-13+. The monoisotopic (exact) mass is 425 g/mol. The molecule has 0 aliphatic carbocycles. The first kappa shape index (κ1) is 24.0. The third-order valence-electron chi connectivity index (χ3n) is 3.41. The summed E-state index contributed by atoms with van der Waals surface area (Å²) in [7, 11) is 3.80. The van der Waals surface area contributed by atoms with Gasteiger partial charge in [-0.05, 0) is 42.8 Å². The minimum absolute atomic E-state index is 0.195. The van der Waals surface area contributed by atoms with Gasteiger partial charge in [-0.25, -0.2) is 9.79 Å². The molecule has 28 heavy (non-hydrogen) atoms. The van der Waals surface area contributed by atoms with E-state index < -0.39 is 11.6 Å². The minimum Gasteiger partial charge on any atom is -0.455 e. The normalized spacial score (nSPS) is 14.6. The van der Waals surface area contributed by atoms with Gasteiger partial charge in [0, 0.05) is 31.3 Å². The van der Waals surface area contributed by atoms with Crippen LogP contribution in [0, 0.1) is 0 Å². The lowest BCUT2D eigenvalue weighted by atomic mass is 10.1. The molecule has 152 valence electrons. The van der Waals surface area contributed by atoms with E-state index in [9.17, 15) is 9.18 Å². The molecule has 2 N–H and O–H groups in total. The Bertz CT molecular complexity index is 786. The molecule has 0 radical (unpaired) electrons. The molecule has 2 unspecified atom stereocenters. The van der Waals surface area contributed by atoms with Gasteiger partial charge in [-0.15, -0.1) is 11.6 Å². The van der Waals surface area contributed by atoms with Crippen LogP contribution < -0.4 is 15.4 Å². The molecule has 5 nitrogen and oxygen atoms in total. The van der Waals surface area contributed by atoms with E-state index in [0.29, 0.717) is 29.1 Å². The third-order valence-corrected chi connectivity index (χ3v) is 3.81. The molecule has 0 heterocycles. The second kappa shape index (κ2) is 11.7. The van der Waals surface area contributed by atoms with E-state index in [0.717, 1.165) is 5.57 Å². The number of hydrogen-bond acceptors (Lipinski definition) is 3. The maximum absolute atomic E-state index is 13.5. The third kappa shape index (κ3) is 9.27. The summed E-state index contributed by atoms with van der Waals surface area (Å²) in [5.41, 5.74) is 0.787. The van der Waals surface area contributed by atoms with E-state index in [-0.39, 0.29) is 5.88 Å². The van der Waals surface area contributed by atoms with Crippen molar-refractivity contribution in [1.82, 2.24) is 10.6 Å². The minimum atomic E-state index is -1.88. The van der Waals surface area contributed by atoms with Gasteiger partial charge < -0.3 is 15.4 Å². The number of allylic oxidation sites excluding steroid dienone is 2. The number of ether oxygens (including phenoxy) is 1. The first-order valence-corrected chi connectivity index (χ1v) is 9.67. The summed E-state index contributed by atoms with van der Waals surface area (Å²) in [6.07, 6.45) is 5.17. The molecule has 0 aliphatic heterocycles. The fraction of sp³-hybridized carbons (Fsp3) is 0.300. The second-order valence-electron chi connectivity index (χ2n) is 6.02. The number of carbonyl (C=O) groups is 1. The Hall–Kier alpha value is -2.01. The fourth-order valence-corrected chi connectivity index (χ4v) is 2.51. The number of hydrogen-bond donors (Lipinski definition) is 2. The van der Waals surface area contributed by atoms with E-state index in [1.54, 1.807) is 24.3 Å². The average Bonchev–Trinajstić information content (AvgIpc) is 2.62. The SMILES string of the molecule is C=C(NC(=O)/N=C/c1cccc(OC(C)(F)P)c1)/C(=C/C(=C\C)CNC)CCl. The van der Waals surface area contributed by atoms with Crippen LogP contribution in [0.15, 0.2) is 64.8 Å². The number of likely N-dealkylation sites (N-methyl/N-ethyl adjacent to an activating group) is 1. The number of aliphatic imine (C=N–C) groups is 1. The number of benzene rings is 1. The van der Waals surface area contributed by atoms with Gasteiger partial charge >= 0.3 is 6.03 Å². The Morgan fingerprint density at radius 3 is 2.79 bits per heavy atom. The first-order valence-electron chi connectivity index (χ1n) is 8.56. The van der Waals surface area contributed by atoms with E-state index in [1.165, 1.54) is 13.1 Å². The Labute approximate surface area is 173 Å². The highest BCUT2D eigenvalue weighted by Gasteiger charge is 2.16. The molecule has 0 fully saturated rings. The molecule has 0 aliphatic rings. The van der Waals surface area contributed by atoms with Crippen LogP contribution in [-0.2, 0) is 0 Å². The first-order chi connectivity index (χ1) is 13.2. The zero-order valence-corrected chi connectivity index (χ0v) is 18.2. The highest BCUT2D eigenvalue weighted by molar-refractivity contribution is 7.18. The fourth-order valence-electron chi connectivity index (χ4n) is 2.13. The van der Waals surface area contributed by atoms with Gasteiger partial charge in [0.1, 0.15) is 5.75 Å². The van der Waals surface area contributed by atoms with E-state index in [4.69, 9.17) is 16.3 Å². The number of carbonyl (C=O) groups excluding carboxylic acids is 1. The van der Waals surface area contributed by atoms with Crippen molar-refractivity contribution in [3.63, 3.8) is 0 Å². The summed E-state index contributed by atoms with van der Waals surface area (Å²) in [6.45, 7) is 7.71. The molecule has 1 aromatic rings. The summed E-state index contributed by atoms with van der Waals surface area (Å²) < 4.78 is 18.7. The van der Waals surface area contributed by atoms with Gasteiger partial charge in [0.2, 0.25) is 0 Å². The van der Waals surface area contributed by atoms with Crippen molar-refractivity contribution >= 4 is 33.1 Å². The van der Waals surface area contributed by atoms with Crippen LogP contribution in [0.4, 0.5) is 9.18 Å². The van der Waals surface area contributed by atoms with Gasteiger partial charge in [-0.2, -0.15) is 4.39 Å². The van der Waals surface area contributed by atoms with Gasteiger partial charge in [0.05, 0.1) is 0 Å². The van der Waals surface area contributed by atoms with Crippen molar-refractivity contribution in [2.75, 3.05) is 19.5 Å². The topological polar surface area (TPSA) is 62.7 Å². The van der Waals surface area contributed by atoms with Gasteiger partial charge in [-0.3, -0.25) is 0 Å². The molecule has 2 amide bonds. The van der Waals surface area contributed by atoms with Crippen LogP contribution in [0.2, 0.25) is 0 Å². The molecule has 1 aromatic carbocycles.